The van der Waals surface area contributed by atoms with E-state index in [4.69, 9.17) is 0 Å². The second kappa shape index (κ2) is 4.85. The molecule has 1 N–H and O–H groups in total. The fourth-order valence-corrected chi connectivity index (χ4v) is 2.19. The Morgan fingerprint density at radius 1 is 1.77 bits per heavy atom. The third-order valence-electron chi connectivity index (χ3n) is 1.60. The summed E-state index contributed by atoms with van der Waals surface area (Å²) in [5.41, 5.74) is -0.158. The van der Waals surface area contributed by atoms with Gasteiger partial charge in [-0.3, -0.25) is 4.57 Å². The molecular weight excluding hydrogens is 254 g/mol. The molecule has 1 heterocycles. The van der Waals surface area contributed by atoms with E-state index in [0.29, 0.717) is 5.92 Å². The maximum Gasteiger partial charge on any atom is 0.343 e. The number of H-pyrrole nitrogens is 1. The highest BCUT2D eigenvalue weighted by molar-refractivity contribution is 9.09. The Balaban J connectivity index is 2.55. The van der Waals surface area contributed by atoms with E-state index in [1.54, 1.807) is 18.8 Å². The molecule has 1 unspecified atom stereocenters. The van der Waals surface area contributed by atoms with Crippen LogP contribution in [-0.4, -0.2) is 25.8 Å². The molecule has 13 heavy (non-hydrogen) atoms. The predicted molar refractivity (Wildman–Crippen MR) is 57.5 cm³/mol. The van der Waals surface area contributed by atoms with Gasteiger partial charge in [-0.25, -0.2) is 9.89 Å². The molecule has 74 valence electrons. The summed E-state index contributed by atoms with van der Waals surface area (Å²) in [6.45, 7) is 2.15. The third-order valence-corrected chi connectivity index (χ3v) is 4.06. The first-order chi connectivity index (χ1) is 6.15. The topological polar surface area (TPSA) is 50.7 Å². The molecule has 0 saturated heterocycles. The van der Waals surface area contributed by atoms with E-state index in [0.717, 1.165) is 16.2 Å². The van der Waals surface area contributed by atoms with E-state index in [-0.39, 0.29) is 5.69 Å². The minimum atomic E-state index is -0.158. The number of rotatable bonds is 4. The maximum absolute atomic E-state index is 11.0. The van der Waals surface area contributed by atoms with Crippen LogP contribution < -0.4 is 5.69 Å². The summed E-state index contributed by atoms with van der Waals surface area (Å²) in [5, 5.41) is 8.02. The van der Waals surface area contributed by atoms with Crippen LogP contribution in [0.4, 0.5) is 0 Å². The van der Waals surface area contributed by atoms with Gasteiger partial charge in [0.15, 0.2) is 5.16 Å². The first-order valence-electron chi connectivity index (χ1n) is 3.95. The van der Waals surface area contributed by atoms with Crippen LogP contribution in [0.2, 0.25) is 0 Å². The molecule has 0 aliphatic carbocycles. The van der Waals surface area contributed by atoms with Crippen LogP contribution in [0.5, 0.6) is 0 Å². The van der Waals surface area contributed by atoms with Crippen molar-refractivity contribution in [1.82, 2.24) is 14.8 Å². The minimum absolute atomic E-state index is 0.158. The van der Waals surface area contributed by atoms with Gasteiger partial charge in [-0.05, 0) is 5.92 Å². The number of hydrogen-bond acceptors (Lipinski definition) is 3. The second-order valence-corrected chi connectivity index (χ2v) is 4.58. The lowest BCUT2D eigenvalue weighted by Gasteiger charge is -2.04. The zero-order valence-electron chi connectivity index (χ0n) is 7.58. The van der Waals surface area contributed by atoms with E-state index in [9.17, 15) is 4.79 Å². The van der Waals surface area contributed by atoms with Crippen LogP contribution in [0.3, 0.4) is 0 Å². The van der Waals surface area contributed by atoms with Crippen molar-refractivity contribution >= 4 is 27.7 Å². The van der Waals surface area contributed by atoms with Gasteiger partial charge in [0.05, 0.1) is 0 Å². The average Bonchev–Trinajstić information content (AvgIpc) is 2.44. The van der Waals surface area contributed by atoms with Gasteiger partial charge in [-0.1, -0.05) is 34.6 Å². The number of hydrogen-bond donors (Lipinski definition) is 1. The summed E-state index contributed by atoms with van der Waals surface area (Å²) in [4.78, 5) is 11.0. The van der Waals surface area contributed by atoms with Crippen LogP contribution in [0, 0.1) is 5.92 Å². The first kappa shape index (κ1) is 10.8. The molecule has 0 spiro atoms. The summed E-state index contributed by atoms with van der Waals surface area (Å²) >= 11 is 4.99. The zero-order valence-corrected chi connectivity index (χ0v) is 9.98. The number of nitrogens with one attached hydrogen (secondary N) is 1. The Morgan fingerprint density at radius 3 is 2.92 bits per heavy atom. The molecule has 1 aromatic rings. The van der Waals surface area contributed by atoms with Crippen LogP contribution in [0.1, 0.15) is 6.92 Å². The summed E-state index contributed by atoms with van der Waals surface area (Å²) < 4.78 is 1.52. The molecule has 1 aromatic heterocycles. The fraction of sp³-hybridized carbons (Fsp3) is 0.714. The maximum atomic E-state index is 11.0. The van der Waals surface area contributed by atoms with Crippen molar-refractivity contribution in [1.29, 1.82) is 0 Å². The van der Waals surface area contributed by atoms with Crippen molar-refractivity contribution in [3.05, 3.63) is 10.5 Å². The Hall–Kier alpha value is -0.230. The summed E-state index contributed by atoms with van der Waals surface area (Å²) in [6, 6.07) is 0. The fourth-order valence-electron chi connectivity index (χ4n) is 0.723. The summed E-state index contributed by atoms with van der Waals surface area (Å²) in [5.74, 6) is 1.54. The predicted octanol–water partition coefficient (Wildman–Crippen LogP) is 1.23. The average molecular weight is 266 g/mol. The molecule has 0 saturated carbocycles. The van der Waals surface area contributed by atoms with Gasteiger partial charge >= 0.3 is 5.69 Å². The molecule has 0 amide bonds. The second-order valence-electron chi connectivity index (χ2n) is 2.94. The highest BCUT2D eigenvalue weighted by Crippen LogP contribution is 2.16. The van der Waals surface area contributed by atoms with Crippen LogP contribution in [0.25, 0.3) is 0 Å². The van der Waals surface area contributed by atoms with Crippen molar-refractivity contribution in [3.63, 3.8) is 0 Å². The zero-order chi connectivity index (χ0) is 9.84. The van der Waals surface area contributed by atoms with Crippen molar-refractivity contribution in [3.8, 4) is 0 Å². The standard InChI is InChI=1S/C7H12BrN3OS/c1-5(3-8)4-13-7-10-9-6(12)11(7)2/h5H,3-4H2,1-2H3,(H,9,12). The van der Waals surface area contributed by atoms with E-state index in [1.165, 1.54) is 4.57 Å². The Labute approximate surface area is 89.2 Å². The molecule has 0 radical (unpaired) electrons. The van der Waals surface area contributed by atoms with E-state index < -0.39 is 0 Å². The lowest BCUT2D eigenvalue weighted by Crippen LogP contribution is -2.13. The minimum Gasteiger partial charge on any atom is -0.273 e. The SMILES string of the molecule is CC(CBr)CSc1n[nH]c(=O)n1C. The number of aromatic nitrogens is 3. The monoisotopic (exact) mass is 265 g/mol. The molecule has 4 nitrogen and oxygen atoms in total. The number of aromatic amines is 1. The molecule has 0 aliphatic rings. The number of thioether (sulfide) groups is 1. The van der Waals surface area contributed by atoms with Gasteiger partial charge in [0, 0.05) is 18.1 Å². The molecule has 0 bridgehead atoms. The smallest absolute Gasteiger partial charge is 0.273 e. The summed E-state index contributed by atoms with van der Waals surface area (Å²) in [6.07, 6.45) is 0. The number of nitrogens with zero attached hydrogens (tertiary/aromatic N) is 2. The van der Waals surface area contributed by atoms with Gasteiger partial charge in [0.2, 0.25) is 0 Å². The largest absolute Gasteiger partial charge is 0.343 e. The van der Waals surface area contributed by atoms with Crippen molar-refractivity contribution < 1.29 is 0 Å². The third kappa shape index (κ3) is 2.87. The number of halogens is 1. The van der Waals surface area contributed by atoms with Gasteiger partial charge < -0.3 is 0 Å². The van der Waals surface area contributed by atoms with E-state index in [2.05, 4.69) is 33.1 Å². The van der Waals surface area contributed by atoms with Crippen LogP contribution in [-0.2, 0) is 7.05 Å². The van der Waals surface area contributed by atoms with E-state index in [1.807, 2.05) is 0 Å². The number of alkyl halides is 1. The summed E-state index contributed by atoms with van der Waals surface area (Å²) in [7, 11) is 1.72. The van der Waals surface area contributed by atoms with Gasteiger partial charge in [-0.2, -0.15) is 0 Å². The molecule has 6 heteroatoms. The van der Waals surface area contributed by atoms with Gasteiger partial charge in [0.25, 0.3) is 0 Å². The molecule has 0 aromatic carbocycles. The quantitative estimate of drug-likeness (QED) is 0.658. The Morgan fingerprint density at radius 2 is 2.46 bits per heavy atom. The van der Waals surface area contributed by atoms with Crippen molar-refractivity contribution in [2.75, 3.05) is 11.1 Å². The van der Waals surface area contributed by atoms with Crippen LogP contribution >= 0.6 is 27.7 Å². The van der Waals surface area contributed by atoms with Gasteiger partial charge in [0.1, 0.15) is 0 Å². The van der Waals surface area contributed by atoms with E-state index >= 15 is 0 Å². The lowest BCUT2D eigenvalue weighted by atomic mass is 10.3. The van der Waals surface area contributed by atoms with Gasteiger partial charge in [-0.15, -0.1) is 5.10 Å². The Bertz CT molecular complexity index is 322. The first-order valence-corrected chi connectivity index (χ1v) is 6.06. The molecular formula is C7H12BrN3OS. The highest BCUT2D eigenvalue weighted by atomic mass is 79.9. The van der Waals surface area contributed by atoms with Crippen molar-refractivity contribution in [2.24, 2.45) is 13.0 Å². The normalized spacial score (nSPS) is 13.2. The highest BCUT2D eigenvalue weighted by Gasteiger charge is 2.06. The van der Waals surface area contributed by atoms with Crippen molar-refractivity contribution in [2.45, 2.75) is 12.1 Å². The molecule has 0 aliphatic heterocycles. The Kier molecular flexibility index (Phi) is 4.05. The molecule has 1 rings (SSSR count). The van der Waals surface area contributed by atoms with Crippen LogP contribution in [0.15, 0.2) is 9.95 Å². The lowest BCUT2D eigenvalue weighted by molar-refractivity contribution is 0.744. The molecule has 1 atom stereocenters. The molecule has 0 fully saturated rings.